The Labute approximate surface area is 230 Å². The maximum Gasteiger partial charge on any atom is 0.323 e. The highest BCUT2D eigenvalue weighted by Crippen LogP contribution is 2.34. The Bertz CT molecular complexity index is 1670. The van der Waals surface area contributed by atoms with E-state index in [9.17, 15) is 4.79 Å². The van der Waals surface area contributed by atoms with Gasteiger partial charge in [0.15, 0.2) is 17.1 Å². The molecule has 3 N–H and O–H groups in total. The average Bonchev–Trinajstić information content (AvgIpc) is 3.54. The highest BCUT2D eigenvalue weighted by atomic mass is 79.9. The number of nitrogens with one attached hydrogen (secondary N) is 3. The van der Waals surface area contributed by atoms with Crippen molar-refractivity contribution in [2.75, 3.05) is 22.7 Å². The van der Waals surface area contributed by atoms with Crippen molar-refractivity contribution in [1.29, 1.82) is 0 Å². The lowest BCUT2D eigenvalue weighted by atomic mass is 10.1. The van der Waals surface area contributed by atoms with Crippen molar-refractivity contribution in [2.24, 2.45) is 0 Å². The largest absolute Gasteiger partial charge is 0.454 e. The number of halogens is 2. The third kappa shape index (κ3) is 4.96. The lowest BCUT2D eigenvalue weighted by molar-refractivity contribution is 0.174. The Balaban J connectivity index is 1.18. The summed E-state index contributed by atoms with van der Waals surface area (Å²) in [5.74, 6) is 2.00. The molecule has 2 aromatic heterocycles. The van der Waals surface area contributed by atoms with Crippen molar-refractivity contribution in [3.05, 3.63) is 94.1 Å². The molecule has 9 nitrogen and oxygen atoms in total. The zero-order valence-corrected chi connectivity index (χ0v) is 22.1. The van der Waals surface area contributed by atoms with Crippen molar-refractivity contribution < 1.29 is 14.3 Å². The fraction of sp³-hybridized carbons (Fsp3) is 0.0741. The van der Waals surface area contributed by atoms with Crippen LogP contribution in [0.4, 0.5) is 22.0 Å². The number of nitrogens with zero attached hydrogens (tertiary/aromatic N) is 3. The van der Waals surface area contributed by atoms with Gasteiger partial charge in [-0.3, -0.25) is 0 Å². The summed E-state index contributed by atoms with van der Waals surface area (Å²) >= 11 is 9.96. The molecule has 2 amide bonds. The Kier molecular flexibility index (Phi) is 6.48. The SMILES string of the molecule is O=C(Nc1cccc(CNc2cc(-c3ccccc3Cl)nc3c(Br)cnn23)c1)Nc1ccc2c(c1)OCO2. The van der Waals surface area contributed by atoms with Crippen LogP contribution < -0.4 is 25.4 Å². The van der Waals surface area contributed by atoms with Crippen LogP contribution in [0.5, 0.6) is 11.5 Å². The predicted molar refractivity (Wildman–Crippen MR) is 150 cm³/mol. The molecule has 3 heterocycles. The summed E-state index contributed by atoms with van der Waals surface area (Å²) in [6, 6.07) is 21.9. The lowest BCUT2D eigenvalue weighted by Crippen LogP contribution is -2.19. The minimum atomic E-state index is -0.365. The van der Waals surface area contributed by atoms with Crippen molar-refractivity contribution >= 4 is 56.4 Å². The summed E-state index contributed by atoms with van der Waals surface area (Å²) in [5, 5.41) is 14.2. The van der Waals surface area contributed by atoms with Gasteiger partial charge >= 0.3 is 6.03 Å². The van der Waals surface area contributed by atoms with Crippen LogP contribution in [0.1, 0.15) is 5.56 Å². The molecule has 5 aromatic rings. The van der Waals surface area contributed by atoms with E-state index in [0.717, 1.165) is 27.1 Å². The number of aromatic nitrogens is 3. The van der Waals surface area contributed by atoms with Crippen LogP contribution in [0.25, 0.3) is 16.9 Å². The first kappa shape index (κ1) is 24.1. The number of rotatable bonds is 6. The number of amides is 2. The van der Waals surface area contributed by atoms with Gasteiger partial charge in [0.1, 0.15) is 5.82 Å². The second-order valence-electron chi connectivity index (χ2n) is 8.44. The van der Waals surface area contributed by atoms with Gasteiger partial charge in [-0.2, -0.15) is 9.61 Å². The molecule has 1 aliphatic rings. The number of urea groups is 1. The Morgan fingerprint density at radius 2 is 1.79 bits per heavy atom. The highest BCUT2D eigenvalue weighted by Gasteiger charge is 2.15. The molecule has 0 atom stereocenters. The van der Waals surface area contributed by atoms with Crippen molar-refractivity contribution in [3.8, 4) is 22.8 Å². The van der Waals surface area contributed by atoms with Crippen LogP contribution in [0.3, 0.4) is 0 Å². The third-order valence-electron chi connectivity index (χ3n) is 5.87. The minimum absolute atomic E-state index is 0.176. The first-order valence-electron chi connectivity index (χ1n) is 11.6. The van der Waals surface area contributed by atoms with E-state index in [1.807, 2.05) is 54.6 Å². The van der Waals surface area contributed by atoms with E-state index >= 15 is 0 Å². The second-order valence-corrected chi connectivity index (χ2v) is 9.70. The summed E-state index contributed by atoms with van der Waals surface area (Å²) in [5.41, 5.74) is 4.43. The first-order chi connectivity index (χ1) is 18.5. The molecule has 0 spiro atoms. The van der Waals surface area contributed by atoms with E-state index < -0.39 is 0 Å². The van der Waals surface area contributed by atoms with Crippen LogP contribution in [-0.2, 0) is 6.54 Å². The van der Waals surface area contributed by atoms with E-state index in [0.29, 0.717) is 40.1 Å². The van der Waals surface area contributed by atoms with Crippen LogP contribution >= 0.6 is 27.5 Å². The number of benzene rings is 3. The molecule has 0 fully saturated rings. The van der Waals surface area contributed by atoms with Gasteiger partial charge in [0, 0.05) is 40.6 Å². The Hall–Kier alpha value is -4.28. The molecule has 0 aliphatic carbocycles. The monoisotopic (exact) mass is 590 g/mol. The molecule has 0 saturated heterocycles. The molecule has 11 heteroatoms. The van der Waals surface area contributed by atoms with E-state index in [-0.39, 0.29) is 12.8 Å². The number of hydrogen-bond acceptors (Lipinski definition) is 6. The van der Waals surface area contributed by atoms with Gasteiger partial charge in [0.25, 0.3) is 0 Å². The van der Waals surface area contributed by atoms with Crippen LogP contribution in [0, 0.1) is 0 Å². The van der Waals surface area contributed by atoms with Gasteiger partial charge in [-0.15, -0.1) is 0 Å². The number of fused-ring (bicyclic) bond motifs is 2. The molecule has 3 aromatic carbocycles. The number of carbonyl (C=O) groups is 1. The van der Waals surface area contributed by atoms with Gasteiger partial charge in [-0.25, -0.2) is 9.78 Å². The Morgan fingerprint density at radius 3 is 2.66 bits per heavy atom. The molecular weight excluding hydrogens is 572 g/mol. The van der Waals surface area contributed by atoms with Gasteiger partial charge in [0.05, 0.1) is 16.4 Å². The summed E-state index contributed by atoms with van der Waals surface area (Å²) in [7, 11) is 0. The van der Waals surface area contributed by atoms with Crippen LogP contribution in [0.2, 0.25) is 5.02 Å². The smallest absolute Gasteiger partial charge is 0.323 e. The first-order valence-corrected chi connectivity index (χ1v) is 12.8. The van der Waals surface area contributed by atoms with E-state index in [4.69, 9.17) is 26.1 Å². The zero-order chi connectivity index (χ0) is 26.1. The van der Waals surface area contributed by atoms with E-state index in [1.54, 1.807) is 28.9 Å². The van der Waals surface area contributed by atoms with Crippen LogP contribution in [0.15, 0.2) is 83.5 Å². The van der Waals surface area contributed by atoms with Crippen molar-refractivity contribution in [3.63, 3.8) is 0 Å². The van der Waals surface area contributed by atoms with E-state index in [2.05, 4.69) is 37.0 Å². The predicted octanol–water partition coefficient (Wildman–Crippen LogP) is 6.80. The molecule has 0 bridgehead atoms. The third-order valence-corrected chi connectivity index (χ3v) is 6.76. The molecule has 0 unspecified atom stereocenters. The Morgan fingerprint density at radius 1 is 0.974 bits per heavy atom. The van der Waals surface area contributed by atoms with Crippen LogP contribution in [-0.4, -0.2) is 27.4 Å². The highest BCUT2D eigenvalue weighted by molar-refractivity contribution is 9.10. The fourth-order valence-electron chi connectivity index (χ4n) is 4.09. The number of anilines is 3. The molecule has 38 heavy (non-hydrogen) atoms. The summed E-state index contributed by atoms with van der Waals surface area (Å²) in [4.78, 5) is 17.3. The number of carbonyl (C=O) groups excluding carboxylic acids is 1. The normalized spacial score (nSPS) is 11.9. The topological polar surface area (TPSA) is 102 Å². The summed E-state index contributed by atoms with van der Waals surface area (Å²) in [6.45, 7) is 0.660. The van der Waals surface area contributed by atoms with Gasteiger partial charge in [-0.1, -0.05) is 41.9 Å². The van der Waals surface area contributed by atoms with Crippen molar-refractivity contribution in [1.82, 2.24) is 14.6 Å². The molecule has 0 saturated carbocycles. The molecule has 1 aliphatic heterocycles. The van der Waals surface area contributed by atoms with Gasteiger partial charge < -0.3 is 25.4 Å². The van der Waals surface area contributed by atoms with Crippen molar-refractivity contribution in [2.45, 2.75) is 6.54 Å². The van der Waals surface area contributed by atoms with E-state index in [1.165, 1.54) is 0 Å². The molecule has 0 radical (unpaired) electrons. The standard InChI is InChI=1S/C27H20BrClN6O3/c28-20-14-31-35-25(12-22(34-26(20)35)19-6-1-2-7-21(19)29)30-13-16-4-3-5-17(10-16)32-27(36)33-18-8-9-23-24(11-18)38-15-37-23/h1-12,14,30H,13,15H2,(H2,32,33,36). The van der Waals surface area contributed by atoms with Gasteiger partial charge in [-0.05, 0) is 51.8 Å². The average molecular weight is 592 g/mol. The maximum atomic E-state index is 12.6. The second kappa shape index (κ2) is 10.2. The van der Waals surface area contributed by atoms with Gasteiger partial charge in [0.2, 0.25) is 6.79 Å². The molecule has 6 rings (SSSR count). The summed E-state index contributed by atoms with van der Waals surface area (Å²) in [6.07, 6.45) is 1.70. The summed E-state index contributed by atoms with van der Waals surface area (Å²) < 4.78 is 13.2. The zero-order valence-electron chi connectivity index (χ0n) is 19.7. The molecular formula is C27H20BrClN6O3. The molecule has 190 valence electrons. The lowest BCUT2D eigenvalue weighted by Gasteiger charge is -2.13. The maximum absolute atomic E-state index is 12.6. The minimum Gasteiger partial charge on any atom is -0.454 e. The fourth-order valence-corrected chi connectivity index (χ4v) is 4.67. The number of hydrogen-bond donors (Lipinski definition) is 3. The quantitative estimate of drug-likeness (QED) is 0.201. The number of ether oxygens (including phenoxy) is 2.